The maximum absolute atomic E-state index is 13.2. The van der Waals surface area contributed by atoms with Crippen molar-refractivity contribution >= 4 is 17.7 Å². The van der Waals surface area contributed by atoms with E-state index in [0.29, 0.717) is 18.4 Å². The molecular weight excluding hydrogens is 448 g/mol. The number of carbonyl (C=O) groups is 3. The Balaban J connectivity index is 1.69. The van der Waals surface area contributed by atoms with Gasteiger partial charge < -0.3 is 19.3 Å². The third-order valence-corrected chi connectivity index (χ3v) is 11.0. The molecule has 0 aromatic rings. The number of carbonyl (C=O) groups excluding carboxylic acids is 3. The lowest BCUT2D eigenvalue weighted by Gasteiger charge is -2.61. The number of esters is 2. The summed E-state index contributed by atoms with van der Waals surface area (Å²) in [4.78, 5) is 38.6. The van der Waals surface area contributed by atoms with Crippen LogP contribution in [0.2, 0.25) is 0 Å². The summed E-state index contributed by atoms with van der Waals surface area (Å²) in [5.41, 5.74) is -1.64. The molecule has 1 saturated heterocycles. The molecule has 5 rings (SSSR count). The second-order valence-electron chi connectivity index (χ2n) is 12.3. The molecule has 5 aliphatic rings. The van der Waals surface area contributed by atoms with Crippen LogP contribution in [0.1, 0.15) is 86.5 Å². The third kappa shape index (κ3) is 3.06. The molecule has 0 bridgehead atoms. The number of Topliss-reactive ketones (excluding diaryl/α,β-unsaturated/α-hetero) is 1. The number of hydrogen-bond donors (Lipinski definition) is 1. The van der Waals surface area contributed by atoms with Crippen molar-refractivity contribution in [2.24, 2.45) is 28.6 Å². The molecule has 5 fully saturated rings. The van der Waals surface area contributed by atoms with Gasteiger partial charge in [0.15, 0.2) is 0 Å². The van der Waals surface area contributed by atoms with Gasteiger partial charge in [-0.2, -0.15) is 0 Å². The minimum atomic E-state index is -0.785. The maximum atomic E-state index is 13.2. The summed E-state index contributed by atoms with van der Waals surface area (Å²) in [5.74, 6) is -1.08. The van der Waals surface area contributed by atoms with E-state index in [1.54, 1.807) is 26.8 Å². The maximum Gasteiger partial charge on any atom is 0.333 e. The first-order valence-corrected chi connectivity index (χ1v) is 13.3. The number of fused-ring (bicyclic) bond motifs is 2. The molecular formula is C28H40O7. The highest BCUT2D eigenvalue weighted by molar-refractivity contribution is 5.88. The number of rotatable bonds is 4. The fraction of sp³-hybridized carbons (Fsp3) is 0.821. The number of epoxide rings is 1. The Hall–Kier alpha value is -1.73. The molecule has 1 aliphatic heterocycles. The van der Waals surface area contributed by atoms with Crippen molar-refractivity contribution in [2.45, 2.75) is 116 Å². The van der Waals surface area contributed by atoms with Crippen LogP contribution >= 0.6 is 0 Å². The molecule has 10 atom stereocenters. The van der Waals surface area contributed by atoms with Crippen LogP contribution in [0.4, 0.5) is 0 Å². The number of aliphatic hydroxyl groups excluding tert-OH is 1. The van der Waals surface area contributed by atoms with Crippen LogP contribution in [0.25, 0.3) is 0 Å². The Labute approximate surface area is 207 Å². The molecule has 0 unspecified atom stereocenters. The highest BCUT2D eigenvalue weighted by Crippen LogP contribution is 2.81. The van der Waals surface area contributed by atoms with Crippen molar-refractivity contribution in [2.75, 3.05) is 0 Å². The lowest BCUT2D eigenvalue weighted by molar-refractivity contribution is -0.223. The molecule has 0 amide bonds. The van der Waals surface area contributed by atoms with Gasteiger partial charge in [0.2, 0.25) is 0 Å². The van der Waals surface area contributed by atoms with E-state index in [9.17, 15) is 19.5 Å². The standard InChI is InChI=1S/C28H40O7/c1-7-15(2)24(32)34-21-22-25(5)11-9-19(31)14-18(25)8-12-27(22)28(35-27)13-10-20(16(3)29)26(28,6)23(21)33-17(4)30/h7,18-23,31H,8-14H2,1-6H3/b15-7-/t18-,19-,20-,21-,22+,23+,25-,26-,27-,28+/m0/s1. The summed E-state index contributed by atoms with van der Waals surface area (Å²) >= 11 is 0. The van der Waals surface area contributed by atoms with E-state index in [1.807, 2.05) is 6.92 Å². The van der Waals surface area contributed by atoms with E-state index in [2.05, 4.69) is 6.92 Å². The minimum absolute atomic E-state index is 0.0565. The monoisotopic (exact) mass is 488 g/mol. The molecule has 4 aliphatic carbocycles. The zero-order chi connectivity index (χ0) is 25.6. The van der Waals surface area contributed by atoms with Gasteiger partial charge in [0, 0.05) is 29.7 Å². The normalized spacial score (nSPS) is 50.2. The van der Waals surface area contributed by atoms with Gasteiger partial charge in [-0.05, 0) is 77.0 Å². The molecule has 7 nitrogen and oxygen atoms in total. The van der Waals surface area contributed by atoms with Gasteiger partial charge in [-0.3, -0.25) is 9.59 Å². The van der Waals surface area contributed by atoms with Gasteiger partial charge in [0.05, 0.1) is 6.10 Å². The second kappa shape index (κ2) is 7.88. The summed E-state index contributed by atoms with van der Waals surface area (Å²) in [6, 6.07) is 0. The van der Waals surface area contributed by atoms with Crippen LogP contribution in [0.5, 0.6) is 0 Å². The van der Waals surface area contributed by atoms with Gasteiger partial charge in [-0.15, -0.1) is 0 Å². The SMILES string of the molecule is C/C=C(/C)C(=O)O[C@@H]1[C@@H](OC(C)=O)[C@]2(C)[C@H](C(C)=O)CC[C@@]23O[C@]32CC[C@H]3C[C@@H](O)CC[C@]3(C)[C@@H]12. The predicted octanol–water partition coefficient (Wildman–Crippen LogP) is 3.90. The van der Waals surface area contributed by atoms with E-state index in [1.165, 1.54) is 6.92 Å². The van der Waals surface area contributed by atoms with Gasteiger partial charge >= 0.3 is 11.9 Å². The average Bonchev–Trinajstić information content (AvgIpc) is 3.34. The summed E-state index contributed by atoms with van der Waals surface area (Å²) in [7, 11) is 0. The highest BCUT2D eigenvalue weighted by Gasteiger charge is 2.91. The smallest absolute Gasteiger partial charge is 0.333 e. The summed E-state index contributed by atoms with van der Waals surface area (Å²) in [5, 5.41) is 10.5. The fourth-order valence-electron chi connectivity index (χ4n) is 9.25. The van der Waals surface area contributed by atoms with Crippen molar-refractivity contribution < 1.29 is 33.7 Å². The third-order valence-electron chi connectivity index (χ3n) is 11.0. The predicted molar refractivity (Wildman–Crippen MR) is 127 cm³/mol. The van der Waals surface area contributed by atoms with Crippen LogP contribution in [0.3, 0.4) is 0 Å². The van der Waals surface area contributed by atoms with E-state index in [4.69, 9.17) is 14.2 Å². The van der Waals surface area contributed by atoms with Crippen LogP contribution < -0.4 is 0 Å². The quantitative estimate of drug-likeness (QED) is 0.364. The largest absolute Gasteiger partial charge is 0.458 e. The van der Waals surface area contributed by atoms with Crippen LogP contribution in [0.15, 0.2) is 11.6 Å². The van der Waals surface area contributed by atoms with E-state index in [-0.39, 0.29) is 35.1 Å². The van der Waals surface area contributed by atoms with Gasteiger partial charge in [0.1, 0.15) is 29.2 Å². The lowest BCUT2D eigenvalue weighted by Crippen LogP contribution is -2.70. The van der Waals surface area contributed by atoms with Crippen LogP contribution in [0, 0.1) is 28.6 Å². The van der Waals surface area contributed by atoms with Crippen LogP contribution in [-0.2, 0) is 28.6 Å². The van der Waals surface area contributed by atoms with E-state index >= 15 is 0 Å². The molecule has 35 heavy (non-hydrogen) atoms. The number of aliphatic hydroxyl groups is 1. The van der Waals surface area contributed by atoms with Crippen molar-refractivity contribution in [1.29, 1.82) is 0 Å². The average molecular weight is 489 g/mol. The summed E-state index contributed by atoms with van der Waals surface area (Å²) in [6.07, 6.45) is 5.22. The molecule has 4 saturated carbocycles. The molecule has 1 heterocycles. The number of ether oxygens (including phenoxy) is 3. The van der Waals surface area contributed by atoms with Gasteiger partial charge in [-0.25, -0.2) is 4.79 Å². The van der Waals surface area contributed by atoms with E-state index < -0.39 is 40.8 Å². The molecule has 7 heteroatoms. The molecule has 194 valence electrons. The van der Waals surface area contributed by atoms with Gasteiger partial charge in [-0.1, -0.05) is 19.9 Å². The number of allylic oxidation sites excluding steroid dienone is 1. The minimum Gasteiger partial charge on any atom is -0.458 e. The molecule has 0 aromatic heterocycles. The van der Waals surface area contributed by atoms with Crippen molar-refractivity contribution in [3.8, 4) is 0 Å². The summed E-state index contributed by atoms with van der Waals surface area (Å²) < 4.78 is 19.3. The Kier molecular flexibility index (Phi) is 5.62. The van der Waals surface area contributed by atoms with Crippen LogP contribution in [-0.4, -0.2) is 52.3 Å². The lowest BCUT2D eigenvalue weighted by atomic mass is 9.43. The zero-order valence-electron chi connectivity index (χ0n) is 21.9. The van der Waals surface area contributed by atoms with Crippen molar-refractivity contribution in [3.63, 3.8) is 0 Å². The Morgan fingerprint density at radius 1 is 1.00 bits per heavy atom. The van der Waals surface area contributed by atoms with Crippen molar-refractivity contribution in [3.05, 3.63) is 11.6 Å². The van der Waals surface area contributed by atoms with Gasteiger partial charge in [0.25, 0.3) is 0 Å². The zero-order valence-corrected chi connectivity index (χ0v) is 21.9. The second-order valence-corrected chi connectivity index (χ2v) is 12.3. The number of hydrogen-bond acceptors (Lipinski definition) is 7. The number of ketones is 1. The van der Waals surface area contributed by atoms with E-state index in [0.717, 1.165) is 32.1 Å². The highest BCUT2D eigenvalue weighted by atomic mass is 16.7. The molecule has 1 N–H and O–H groups in total. The first kappa shape index (κ1) is 24.9. The Morgan fingerprint density at radius 2 is 1.71 bits per heavy atom. The molecule has 2 spiro atoms. The Morgan fingerprint density at radius 3 is 2.34 bits per heavy atom. The first-order valence-electron chi connectivity index (χ1n) is 13.3. The first-order chi connectivity index (χ1) is 16.4. The topological polar surface area (TPSA) is 102 Å². The van der Waals surface area contributed by atoms with Crippen molar-refractivity contribution in [1.82, 2.24) is 0 Å². The molecule has 0 aromatic carbocycles. The fourth-order valence-corrected chi connectivity index (χ4v) is 9.25. The molecule has 0 radical (unpaired) electrons. The Bertz CT molecular complexity index is 988. The summed E-state index contributed by atoms with van der Waals surface area (Å²) in [6.45, 7) is 10.8.